The lowest BCUT2D eigenvalue weighted by Crippen LogP contribution is -2.07. The van der Waals surface area contributed by atoms with Crippen LogP contribution >= 0.6 is 11.8 Å². The van der Waals surface area contributed by atoms with Gasteiger partial charge in [0.15, 0.2) is 0 Å². The van der Waals surface area contributed by atoms with Gasteiger partial charge in [-0.2, -0.15) is 4.98 Å². The summed E-state index contributed by atoms with van der Waals surface area (Å²) < 4.78 is 6.46. The Morgan fingerprint density at radius 3 is 2.83 bits per heavy atom. The second kappa shape index (κ2) is 6.78. The largest absolute Gasteiger partial charge is 0.462 e. The normalized spacial score (nSPS) is 10.9. The molecule has 0 aliphatic carbocycles. The molecule has 0 fully saturated rings. The van der Waals surface area contributed by atoms with Gasteiger partial charge in [-0.25, -0.2) is 14.3 Å². The maximum Gasteiger partial charge on any atom is 0.341 e. The predicted octanol–water partition coefficient (Wildman–Crippen LogP) is 2.90. The number of thioether (sulfide) groups is 1. The van der Waals surface area contributed by atoms with Gasteiger partial charge < -0.3 is 4.74 Å². The summed E-state index contributed by atoms with van der Waals surface area (Å²) in [5.41, 5.74) is 2.80. The molecular weight excluding hydrogens is 312 g/mol. The molecule has 3 rings (SSSR count). The van der Waals surface area contributed by atoms with E-state index in [0.717, 1.165) is 5.75 Å². The summed E-state index contributed by atoms with van der Waals surface area (Å²) in [6.45, 7) is 4.15. The maximum atomic E-state index is 11.7. The van der Waals surface area contributed by atoms with Crippen molar-refractivity contribution in [3.63, 3.8) is 0 Å². The fourth-order valence-corrected chi connectivity index (χ4v) is 2.76. The van der Waals surface area contributed by atoms with Crippen molar-refractivity contribution < 1.29 is 9.53 Å². The van der Waals surface area contributed by atoms with Gasteiger partial charge in [0.25, 0.3) is 5.78 Å². The van der Waals surface area contributed by atoms with Crippen molar-refractivity contribution in [3.05, 3.63) is 53.3 Å². The molecule has 0 amide bonds. The molecule has 0 saturated heterocycles. The Kier molecular flexibility index (Phi) is 4.57. The zero-order valence-corrected chi connectivity index (χ0v) is 13.7. The Balaban J connectivity index is 1.74. The van der Waals surface area contributed by atoms with Crippen LogP contribution < -0.4 is 0 Å². The second-order valence-electron chi connectivity index (χ2n) is 4.98. The van der Waals surface area contributed by atoms with Crippen LogP contribution in [0.1, 0.15) is 28.4 Å². The summed E-state index contributed by atoms with van der Waals surface area (Å²) in [6.07, 6.45) is 3.04. The minimum absolute atomic E-state index is 0.325. The summed E-state index contributed by atoms with van der Waals surface area (Å²) in [7, 11) is 0. The van der Waals surface area contributed by atoms with Crippen molar-refractivity contribution in [2.24, 2.45) is 0 Å². The van der Waals surface area contributed by atoms with Crippen molar-refractivity contribution in [2.45, 2.75) is 24.8 Å². The second-order valence-corrected chi connectivity index (χ2v) is 5.92. The van der Waals surface area contributed by atoms with E-state index < -0.39 is 5.97 Å². The van der Waals surface area contributed by atoms with Gasteiger partial charge in [-0.15, -0.1) is 5.10 Å². The third-order valence-electron chi connectivity index (χ3n) is 3.17. The lowest BCUT2D eigenvalue weighted by Gasteiger charge is -2.00. The van der Waals surface area contributed by atoms with Gasteiger partial charge in [0.05, 0.1) is 12.2 Å². The summed E-state index contributed by atoms with van der Waals surface area (Å²) in [5.74, 6) is 0.831. The van der Waals surface area contributed by atoms with Crippen LogP contribution in [0, 0.1) is 6.92 Å². The van der Waals surface area contributed by atoms with Crippen molar-refractivity contribution in [2.75, 3.05) is 6.61 Å². The van der Waals surface area contributed by atoms with Gasteiger partial charge in [-0.3, -0.25) is 0 Å². The molecule has 0 saturated carbocycles. The molecular formula is C16H16N4O2S. The first-order chi connectivity index (χ1) is 11.2. The maximum absolute atomic E-state index is 11.7. The predicted molar refractivity (Wildman–Crippen MR) is 87.5 cm³/mol. The molecule has 0 spiro atoms. The molecule has 0 aliphatic heterocycles. The molecule has 2 aromatic heterocycles. The molecule has 3 aromatic rings. The number of esters is 1. The van der Waals surface area contributed by atoms with E-state index in [1.165, 1.54) is 33.6 Å². The average Bonchev–Trinajstić information content (AvgIpc) is 2.96. The highest BCUT2D eigenvalue weighted by Gasteiger charge is 2.11. The molecule has 1 aromatic carbocycles. The van der Waals surface area contributed by atoms with E-state index in [1.807, 2.05) is 0 Å². The van der Waals surface area contributed by atoms with Gasteiger partial charge >= 0.3 is 5.97 Å². The summed E-state index contributed by atoms with van der Waals surface area (Å²) >= 11 is 1.53. The van der Waals surface area contributed by atoms with E-state index in [-0.39, 0.29) is 0 Å². The van der Waals surface area contributed by atoms with Crippen molar-refractivity contribution >= 4 is 23.5 Å². The van der Waals surface area contributed by atoms with Gasteiger partial charge in [-0.05, 0) is 19.4 Å². The number of hydrogen-bond acceptors (Lipinski definition) is 6. The third kappa shape index (κ3) is 3.68. The molecule has 2 heterocycles. The number of rotatable bonds is 5. The molecule has 7 heteroatoms. The number of benzene rings is 1. The number of aromatic nitrogens is 4. The van der Waals surface area contributed by atoms with E-state index >= 15 is 0 Å². The highest BCUT2D eigenvalue weighted by Crippen LogP contribution is 2.20. The zero-order valence-electron chi connectivity index (χ0n) is 12.9. The lowest BCUT2D eigenvalue weighted by atomic mass is 10.2. The molecule has 0 aliphatic rings. The van der Waals surface area contributed by atoms with Gasteiger partial charge in [-0.1, -0.05) is 41.6 Å². The van der Waals surface area contributed by atoms with E-state index in [2.05, 4.69) is 46.3 Å². The first-order valence-corrected chi connectivity index (χ1v) is 8.22. The Morgan fingerprint density at radius 1 is 1.30 bits per heavy atom. The molecule has 6 nitrogen and oxygen atoms in total. The fourth-order valence-electron chi connectivity index (χ4n) is 1.98. The molecule has 118 valence electrons. The van der Waals surface area contributed by atoms with Crippen molar-refractivity contribution in [1.82, 2.24) is 19.6 Å². The van der Waals surface area contributed by atoms with Crippen molar-refractivity contribution in [3.8, 4) is 0 Å². The number of ether oxygens (including phenoxy) is 1. The molecule has 0 unspecified atom stereocenters. The standard InChI is InChI=1S/C16H16N4O2S/c1-3-22-14(21)13-8-17-15-18-16(19-20(15)9-13)23-10-12-6-4-11(2)5-7-12/h4-9H,3,10H2,1-2H3. The van der Waals surface area contributed by atoms with Gasteiger partial charge in [0, 0.05) is 18.1 Å². The van der Waals surface area contributed by atoms with Crippen LogP contribution in [0.2, 0.25) is 0 Å². The molecule has 0 N–H and O–H groups in total. The summed E-state index contributed by atoms with van der Waals surface area (Å²) in [5, 5.41) is 4.97. The van der Waals surface area contributed by atoms with Crippen LogP contribution in [0.5, 0.6) is 0 Å². The monoisotopic (exact) mass is 328 g/mol. The number of hydrogen-bond donors (Lipinski definition) is 0. The van der Waals surface area contributed by atoms with E-state index in [0.29, 0.717) is 23.1 Å². The number of nitrogens with zero attached hydrogens (tertiary/aromatic N) is 4. The SMILES string of the molecule is CCOC(=O)c1cnc2nc(SCc3ccc(C)cc3)nn2c1. The molecule has 23 heavy (non-hydrogen) atoms. The summed E-state index contributed by atoms with van der Waals surface area (Å²) in [4.78, 5) is 20.2. The fraction of sp³-hybridized carbons (Fsp3) is 0.250. The number of carbonyl (C=O) groups excluding carboxylic acids is 1. The topological polar surface area (TPSA) is 69.4 Å². The lowest BCUT2D eigenvalue weighted by molar-refractivity contribution is 0.0525. The number of aryl methyl sites for hydroxylation is 1. The van der Waals surface area contributed by atoms with Gasteiger partial charge in [0.2, 0.25) is 5.16 Å². The Labute approximate surface area is 137 Å². The van der Waals surface area contributed by atoms with Crippen LogP contribution in [0.25, 0.3) is 5.78 Å². The van der Waals surface area contributed by atoms with E-state index in [4.69, 9.17) is 4.74 Å². The number of fused-ring (bicyclic) bond motifs is 1. The average molecular weight is 328 g/mol. The van der Waals surface area contributed by atoms with Gasteiger partial charge in [0.1, 0.15) is 0 Å². The Morgan fingerprint density at radius 2 is 2.09 bits per heavy atom. The van der Waals surface area contributed by atoms with E-state index in [1.54, 1.807) is 13.1 Å². The van der Waals surface area contributed by atoms with Crippen LogP contribution in [-0.4, -0.2) is 32.2 Å². The van der Waals surface area contributed by atoms with Crippen LogP contribution in [0.3, 0.4) is 0 Å². The first-order valence-electron chi connectivity index (χ1n) is 7.23. The van der Waals surface area contributed by atoms with Crippen LogP contribution in [-0.2, 0) is 10.5 Å². The quantitative estimate of drug-likeness (QED) is 0.530. The number of carbonyl (C=O) groups is 1. The summed E-state index contributed by atoms with van der Waals surface area (Å²) in [6, 6.07) is 8.35. The highest BCUT2D eigenvalue weighted by molar-refractivity contribution is 7.98. The van der Waals surface area contributed by atoms with Crippen LogP contribution in [0.15, 0.2) is 41.8 Å². The molecule has 0 radical (unpaired) electrons. The third-order valence-corrected chi connectivity index (χ3v) is 4.08. The highest BCUT2D eigenvalue weighted by atomic mass is 32.2. The Bertz CT molecular complexity index is 830. The molecule has 0 bridgehead atoms. The zero-order chi connectivity index (χ0) is 16.2. The minimum Gasteiger partial charge on any atom is -0.462 e. The van der Waals surface area contributed by atoms with Crippen LogP contribution in [0.4, 0.5) is 0 Å². The minimum atomic E-state index is -0.411. The smallest absolute Gasteiger partial charge is 0.341 e. The first kappa shape index (κ1) is 15.5. The van der Waals surface area contributed by atoms with E-state index in [9.17, 15) is 4.79 Å². The Hall–Kier alpha value is -2.41. The molecule has 0 atom stereocenters. The van der Waals surface area contributed by atoms with Crippen molar-refractivity contribution in [1.29, 1.82) is 0 Å².